The topological polar surface area (TPSA) is 54.4 Å². The molecule has 0 aliphatic heterocycles. The molecule has 1 aromatic rings. The molecule has 1 rings (SSSR count). The zero-order chi connectivity index (χ0) is 10.9. The smallest absolute Gasteiger partial charge is 0.0795 e. The molecule has 1 aromatic heterocycles. The fourth-order valence-corrected chi connectivity index (χ4v) is 1.85. The SMILES string of the molecule is CC(NCCCOCCO)c1cscn1. The van der Waals surface area contributed by atoms with Crippen LogP contribution < -0.4 is 5.32 Å². The summed E-state index contributed by atoms with van der Waals surface area (Å²) in [7, 11) is 0. The quantitative estimate of drug-likeness (QED) is 0.659. The fourth-order valence-electron chi connectivity index (χ4n) is 1.20. The van der Waals surface area contributed by atoms with Gasteiger partial charge in [0.2, 0.25) is 0 Å². The van der Waals surface area contributed by atoms with Gasteiger partial charge in [0, 0.05) is 18.0 Å². The molecule has 15 heavy (non-hydrogen) atoms. The second-order valence-corrected chi connectivity index (χ2v) is 4.00. The van der Waals surface area contributed by atoms with Gasteiger partial charge in [-0.2, -0.15) is 0 Å². The van der Waals surface area contributed by atoms with Crippen molar-refractivity contribution in [2.45, 2.75) is 19.4 Å². The number of ether oxygens (including phenoxy) is 1. The molecule has 4 nitrogen and oxygen atoms in total. The van der Waals surface area contributed by atoms with Crippen molar-refractivity contribution in [2.75, 3.05) is 26.4 Å². The molecular weight excluding hydrogens is 212 g/mol. The Morgan fingerprint density at radius 2 is 2.47 bits per heavy atom. The van der Waals surface area contributed by atoms with Crippen molar-refractivity contribution in [2.24, 2.45) is 0 Å². The predicted octanol–water partition coefficient (Wildman–Crippen LogP) is 1.19. The normalized spacial score (nSPS) is 12.9. The number of aromatic nitrogens is 1. The third kappa shape index (κ3) is 5.22. The Morgan fingerprint density at radius 1 is 1.60 bits per heavy atom. The van der Waals surface area contributed by atoms with Crippen LogP contribution >= 0.6 is 11.3 Å². The van der Waals surface area contributed by atoms with Gasteiger partial charge < -0.3 is 15.2 Å². The van der Waals surface area contributed by atoms with Crippen molar-refractivity contribution in [3.63, 3.8) is 0 Å². The molecule has 0 amide bonds. The zero-order valence-electron chi connectivity index (χ0n) is 8.98. The van der Waals surface area contributed by atoms with E-state index in [4.69, 9.17) is 9.84 Å². The summed E-state index contributed by atoms with van der Waals surface area (Å²) in [5.41, 5.74) is 2.94. The van der Waals surface area contributed by atoms with E-state index >= 15 is 0 Å². The number of rotatable bonds is 8. The maximum Gasteiger partial charge on any atom is 0.0795 e. The van der Waals surface area contributed by atoms with Gasteiger partial charge in [0.1, 0.15) is 0 Å². The third-order valence-corrected chi connectivity index (χ3v) is 2.65. The van der Waals surface area contributed by atoms with Gasteiger partial charge >= 0.3 is 0 Å². The number of aliphatic hydroxyl groups excluding tert-OH is 1. The zero-order valence-corrected chi connectivity index (χ0v) is 9.80. The Balaban J connectivity index is 2.00. The highest BCUT2D eigenvalue weighted by atomic mass is 32.1. The lowest BCUT2D eigenvalue weighted by molar-refractivity contribution is 0.0904. The molecule has 0 radical (unpaired) electrons. The van der Waals surface area contributed by atoms with Crippen LogP contribution in [0.25, 0.3) is 0 Å². The van der Waals surface area contributed by atoms with Crippen molar-refractivity contribution in [3.8, 4) is 0 Å². The van der Waals surface area contributed by atoms with Gasteiger partial charge in [-0.05, 0) is 19.9 Å². The minimum absolute atomic E-state index is 0.0999. The fraction of sp³-hybridized carbons (Fsp3) is 0.700. The number of aliphatic hydroxyl groups is 1. The first-order valence-electron chi connectivity index (χ1n) is 5.14. The number of nitrogens with zero attached hydrogens (tertiary/aromatic N) is 1. The van der Waals surface area contributed by atoms with E-state index in [0.29, 0.717) is 19.3 Å². The van der Waals surface area contributed by atoms with Gasteiger partial charge in [0.25, 0.3) is 0 Å². The van der Waals surface area contributed by atoms with Gasteiger partial charge in [-0.1, -0.05) is 0 Å². The van der Waals surface area contributed by atoms with Crippen LogP contribution in [0.4, 0.5) is 0 Å². The molecule has 0 aliphatic rings. The third-order valence-electron chi connectivity index (χ3n) is 2.05. The Hall–Kier alpha value is -0.490. The van der Waals surface area contributed by atoms with E-state index in [1.807, 2.05) is 5.51 Å². The van der Waals surface area contributed by atoms with Crippen LogP contribution in [0.2, 0.25) is 0 Å². The Kier molecular flexibility index (Phi) is 6.50. The second kappa shape index (κ2) is 7.76. The van der Waals surface area contributed by atoms with E-state index < -0.39 is 0 Å². The maximum atomic E-state index is 8.49. The molecule has 86 valence electrons. The molecule has 1 heterocycles. The monoisotopic (exact) mass is 230 g/mol. The van der Waals surface area contributed by atoms with Crippen LogP contribution in [0, 0.1) is 0 Å². The van der Waals surface area contributed by atoms with Crippen molar-refractivity contribution in [3.05, 3.63) is 16.6 Å². The van der Waals surface area contributed by atoms with Crippen molar-refractivity contribution in [1.82, 2.24) is 10.3 Å². The van der Waals surface area contributed by atoms with Crippen LogP contribution in [0.5, 0.6) is 0 Å². The number of hydrogen-bond donors (Lipinski definition) is 2. The standard InChI is InChI=1S/C10H18N2O2S/c1-9(10-7-15-8-12-10)11-3-2-5-14-6-4-13/h7-9,11,13H,2-6H2,1H3. The van der Waals surface area contributed by atoms with E-state index in [2.05, 4.69) is 22.6 Å². The molecule has 0 fully saturated rings. The van der Waals surface area contributed by atoms with Gasteiger partial charge in [-0.3, -0.25) is 0 Å². The average molecular weight is 230 g/mol. The summed E-state index contributed by atoms with van der Waals surface area (Å²) < 4.78 is 5.15. The molecule has 0 saturated carbocycles. The van der Waals surface area contributed by atoms with Crippen LogP contribution in [0.3, 0.4) is 0 Å². The van der Waals surface area contributed by atoms with E-state index in [-0.39, 0.29) is 6.61 Å². The highest BCUT2D eigenvalue weighted by Gasteiger charge is 2.05. The minimum Gasteiger partial charge on any atom is -0.394 e. The van der Waals surface area contributed by atoms with E-state index in [1.165, 1.54) is 0 Å². The largest absolute Gasteiger partial charge is 0.394 e. The summed E-state index contributed by atoms with van der Waals surface area (Å²) in [6.07, 6.45) is 0.953. The second-order valence-electron chi connectivity index (χ2n) is 3.28. The molecule has 0 aliphatic carbocycles. The Morgan fingerprint density at radius 3 is 3.13 bits per heavy atom. The summed E-state index contributed by atoms with van der Waals surface area (Å²) in [6, 6.07) is 0.300. The first-order chi connectivity index (χ1) is 7.34. The average Bonchev–Trinajstić information content (AvgIpc) is 2.76. The highest BCUT2D eigenvalue weighted by Crippen LogP contribution is 2.11. The molecule has 0 saturated heterocycles. The molecular formula is C10H18N2O2S. The summed E-state index contributed by atoms with van der Waals surface area (Å²) in [6.45, 7) is 4.23. The van der Waals surface area contributed by atoms with E-state index in [1.54, 1.807) is 11.3 Å². The summed E-state index contributed by atoms with van der Waals surface area (Å²) in [4.78, 5) is 4.24. The molecule has 2 N–H and O–H groups in total. The minimum atomic E-state index is 0.0999. The van der Waals surface area contributed by atoms with Crippen LogP contribution in [-0.4, -0.2) is 36.5 Å². The summed E-state index contributed by atoms with van der Waals surface area (Å²) in [5.74, 6) is 0. The van der Waals surface area contributed by atoms with Crippen LogP contribution in [-0.2, 0) is 4.74 Å². The highest BCUT2D eigenvalue weighted by molar-refractivity contribution is 7.07. The van der Waals surface area contributed by atoms with Crippen molar-refractivity contribution in [1.29, 1.82) is 0 Å². The number of nitrogens with one attached hydrogen (secondary N) is 1. The molecule has 0 spiro atoms. The molecule has 0 bridgehead atoms. The van der Waals surface area contributed by atoms with Gasteiger partial charge in [-0.25, -0.2) is 4.98 Å². The van der Waals surface area contributed by atoms with Gasteiger partial charge in [-0.15, -0.1) is 11.3 Å². The Labute approximate surface area is 94.3 Å². The summed E-state index contributed by atoms with van der Waals surface area (Å²) in [5, 5.41) is 13.9. The summed E-state index contributed by atoms with van der Waals surface area (Å²) >= 11 is 1.61. The predicted molar refractivity (Wildman–Crippen MR) is 61.1 cm³/mol. The molecule has 5 heteroatoms. The number of hydrogen-bond acceptors (Lipinski definition) is 5. The lowest BCUT2D eigenvalue weighted by atomic mass is 10.2. The van der Waals surface area contributed by atoms with Crippen LogP contribution in [0.1, 0.15) is 25.1 Å². The lowest BCUT2D eigenvalue weighted by Crippen LogP contribution is -2.21. The first-order valence-corrected chi connectivity index (χ1v) is 6.09. The van der Waals surface area contributed by atoms with Crippen molar-refractivity contribution >= 4 is 11.3 Å². The van der Waals surface area contributed by atoms with Gasteiger partial charge in [0.05, 0.1) is 24.4 Å². The van der Waals surface area contributed by atoms with E-state index in [0.717, 1.165) is 18.7 Å². The maximum absolute atomic E-state index is 8.49. The van der Waals surface area contributed by atoms with Crippen molar-refractivity contribution < 1.29 is 9.84 Å². The van der Waals surface area contributed by atoms with E-state index in [9.17, 15) is 0 Å². The molecule has 0 aromatic carbocycles. The lowest BCUT2D eigenvalue weighted by Gasteiger charge is -2.11. The van der Waals surface area contributed by atoms with Crippen LogP contribution in [0.15, 0.2) is 10.9 Å². The first kappa shape index (κ1) is 12.6. The van der Waals surface area contributed by atoms with Gasteiger partial charge in [0.15, 0.2) is 0 Å². The molecule has 1 atom stereocenters. The molecule has 1 unspecified atom stereocenters. The number of thiazole rings is 1. The Bertz CT molecular complexity index is 242.